The summed E-state index contributed by atoms with van der Waals surface area (Å²) < 4.78 is 3.82. The Morgan fingerprint density at radius 2 is 1.88 bits per heavy atom. The molecule has 0 radical (unpaired) electrons. The van der Waals surface area contributed by atoms with E-state index in [1.54, 1.807) is 19.1 Å². The van der Waals surface area contributed by atoms with Crippen LogP contribution in [-0.2, 0) is 6.54 Å². The van der Waals surface area contributed by atoms with Crippen molar-refractivity contribution >= 4 is 40.6 Å². The largest absolute Gasteiger partial charge is 0.331 e. The fourth-order valence-electron chi connectivity index (χ4n) is 4.11. The third-order valence-corrected chi connectivity index (χ3v) is 7.16. The standard InChI is InChI=1S/C24H26ClN5O2S/c1-15-22(33-29-28-15)23(31)27-19-9-12-21(25)17(13-19)14-30(20-10-7-18(26)8-11-20)24(32)16-5-3-2-4-6-16/h2-6,9,12-13,18,20H,7-8,10-11,14,26H2,1H3,(H,27,31). The van der Waals surface area contributed by atoms with Gasteiger partial charge in [-0.1, -0.05) is 34.3 Å². The Balaban J connectivity index is 1.58. The van der Waals surface area contributed by atoms with Gasteiger partial charge in [0.1, 0.15) is 4.88 Å². The molecule has 0 saturated heterocycles. The molecule has 1 aliphatic carbocycles. The van der Waals surface area contributed by atoms with E-state index in [2.05, 4.69) is 14.9 Å². The second kappa shape index (κ2) is 10.4. The van der Waals surface area contributed by atoms with Crippen molar-refractivity contribution in [1.82, 2.24) is 14.5 Å². The lowest BCUT2D eigenvalue weighted by atomic mass is 9.90. The summed E-state index contributed by atoms with van der Waals surface area (Å²) >= 11 is 7.58. The topological polar surface area (TPSA) is 101 Å². The average Bonchev–Trinajstić information content (AvgIpc) is 3.26. The van der Waals surface area contributed by atoms with Gasteiger partial charge in [0, 0.05) is 34.9 Å². The number of halogens is 1. The Morgan fingerprint density at radius 3 is 2.55 bits per heavy atom. The number of hydrogen-bond acceptors (Lipinski definition) is 6. The quantitative estimate of drug-likeness (QED) is 0.530. The fraction of sp³-hybridized carbons (Fsp3) is 0.333. The number of nitrogens with one attached hydrogen (secondary N) is 1. The maximum Gasteiger partial charge on any atom is 0.269 e. The van der Waals surface area contributed by atoms with Gasteiger partial charge in [-0.2, -0.15) is 0 Å². The average molecular weight is 484 g/mol. The summed E-state index contributed by atoms with van der Waals surface area (Å²) in [5.41, 5.74) is 8.70. The molecule has 2 aromatic carbocycles. The monoisotopic (exact) mass is 483 g/mol. The van der Waals surface area contributed by atoms with Gasteiger partial charge >= 0.3 is 0 Å². The Bertz CT molecular complexity index is 1130. The molecule has 0 unspecified atom stereocenters. The predicted molar refractivity (Wildman–Crippen MR) is 131 cm³/mol. The van der Waals surface area contributed by atoms with Crippen molar-refractivity contribution in [3.05, 3.63) is 75.3 Å². The molecule has 3 aromatic rings. The van der Waals surface area contributed by atoms with E-state index in [1.807, 2.05) is 41.3 Å². The van der Waals surface area contributed by atoms with E-state index in [0.717, 1.165) is 42.8 Å². The van der Waals surface area contributed by atoms with Gasteiger partial charge in [-0.3, -0.25) is 9.59 Å². The molecule has 4 rings (SSSR count). The van der Waals surface area contributed by atoms with Crippen molar-refractivity contribution < 1.29 is 9.59 Å². The second-order valence-corrected chi connectivity index (χ2v) is 9.48. The van der Waals surface area contributed by atoms with E-state index < -0.39 is 0 Å². The molecule has 7 nitrogen and oxygen atoms in total. The van der Waals surface area contributed by atoms with Crippen LogP contribution in [0.5, 0.6) is 0 Å². The van der Waals surface area contributed by atoms with Crippen LogP contribution < -0.4 is 11.1 Å². The van der Waals surface area contributed by atoms with Crippen LogP contribution in [0.3, 0.4) is 0 Å². The van der Waals surface area contributed by atoms with E-state index in [1.165, 1.54) is 0 Å². The third kappa shape index (κ3) is 5.58. The van der Waals surface area contributed by atoms with Crippen LogP contribution in [0, 0.1) is 6.92 Å². The van der Waals surface area contributed by atoms with E-state index in [9.17, 15) is 9.59 Å². The van der Waals surface area contributed by atoms with Crippen LogP contribution >= 0.6 is 23.1 Å². The van der Waals surface area contributed by atoms with Crippen molar-refractivity contribution in [2.45, 2.75) is 51.2 Å². The van der Waals surface area contributed by atoms with Crippen LogP contribution in [0.1, 0.15) is 57.0 Å². The Morgan fingerprint density at radius 1 is 1.15 bits per heavy atom. The molecule has 1 aromatic heterocycles. The first-order valence-corrected chi connectivity index (χ1v) is 12.1. The number of nitrogens with zero attached hydrogens (tertiary/aromatic N) is 3. The molecule has 33 heavy (non-hydrogen) atoms. The van der Waals surface area contributed by atoms with E-state index in [-0.39, 0.29) is 23.9 Å². The molecule has 0 atom stereocenters. The number of carbonyl (C=O) groups excluding carboxylic acids is 2. The van der Waals surface area contributed by atoms with Gasteiger partial charge in [0.15, 0.2) is 0 Å². The first kappa shape index (κ1) is 23.4. The summed E-state index contributed by atoms with van der Waals surface area (Å²) in [4.78, 5) is 28.4. The zero-order chi connectivity index (χ0) is 23.4. The highest BCUT2D eigenvalue weighted by atomic mass is 35.5. The number of aryl methyl sites for hydroxylation is 1. The summed E-state index contributed by atoms with van der Waals surface area (Å²) in [5.74, 6) is -0.304. The minimum absolute atomic E-state index is 0.0343. The summed E-state index contributed by atoms with van der Waals surface area (Å²) in [6, 6.07) is 14.8. The SMILES string of the molecule is Cc1nnsc1C(=O)Nc1ccc(Cl)c(CN(C(=O)c2ccccc2)C2CCC(N)CC2)c1. The number of amides is 2. The summed E-state index contributed by atoms with van der Waals surface area (Å²) in [7, 11) is 0. The fourth-order valence-corrected chi connectivity index (χ4v) is 4.84. The van der Waals surface area contributed by atoms with Gasteiger partial charge in [-0.25, -0.2) is 0 Å². The van der Waals surface area contributed by atoms with Gasteiger partial charge < -0.3 is 16.0 Å². The number of benzene rings is 2. The lowest BCUT2D eigenvalue weighted by molar-refractivity contribution is 0.0606. The third-order valence-electron chi connectivity index (χ3n) is 5.97. The molecular weight excluding hydrogens is 458 g/mol. The summed E-state index contributed by atoms with van der Waals surface area (Å²) in [5, 5.41) is 7.32. The van der Waals surface area contributed by atoms with Crippen LogP contribution in [0.4, 0.5) is 5.69 Å². The van der Waals surface area contributed by atoms with Crippen molar-refractivity contribution in [3.8, 4) is 0 Å². The molecule has 1 aliphatic rings. The van der Waals surface area contributed by atoms with Crippen LogP contribution in [0.25, 0.3) is 0 Å². The molecule has 9 heteroatoms. The van der Waals surface area contributed by atoms with Gasteiger partial charge in [-0.05, 0) is 80.0 Å². The minimum Gasteiger partial charge on any atom is -0.331 e. The van der Waals surface area contributed by atoms with Crippen molar-refractivity contribution in [2.75, 3.05) is 5.32 Å². The molecule has 3 N–H and O–H groups in total. The van der Waals surface area contributed by atoms with Gasteiger partial charge in [0.05, 0.1) is 5.69 Å². The molecular formula is C24H26ClN5O2S. The maximum atomic E-state index is 13.5. The van der Waals surface area contributed by atoms with E-state index in [0.29, 0.717) is 33.4 Å². The Kier molecular flexibility index (Phi) is 7.37. The predicted octanol–water partition coefficient (Wildman–Crippen LogP) is 4.66. The van der Waals surface area contributed by atoms with Gasteiger partial charge in [0.25, 0.3) is 11.8 Å². The highest BCUT2D eigenvalue weighted by Gasteiger charge is 2.29. The van der Waals surface area contributed by atoms with Crippen LogP contribution in [-0.4, -0.2) is 38.4 Å². The normalized spacial score (nSPS) is 18.0. The van der Waals surface area contributed by atoms with Crippen molar-refractivity contribution in [2.24, 2.45) is 5.73 Å². The number of nitrogens with two attached hydrogens (primary N) is 1. The van der Waals surface area contributed by atoms with E-state index >= 15 is 0 Å². The lowest BCUT2D eigenvalue weighted by Crippen LogP contribution is -2.43. The molecule has 172 valence electrons. The lowest BCUT2D eigenvalue weighted by Gasteiger charge is -2.36. The number of rotatable bonds is 6. The van der Waals surface area contributed by atoms with E-state index in [4.69, 9.17) is 17.3 Å². The zero-order valence-corrected chi connectivity index (χ0v) is 19.9. The molecule has 0 bridgehead atoms. The van der Waals surface area contributed by atoms with Crippen LogP contribution in [0.15, 0.2) is 48.5 Å². The molecule has 1 fully saturated rings. The highest BCUT2D eigenvalue weighted by molar-refractivity contribution is 7.08. The molecule has 2 amide bonds. The minimum atomic E-state index is -0.269. The highest BCUT2D eigenvalue weighted by Crippen LogP contribution is 2.29. The first-order valence-electron chi connectivity index (χ1n) is 10.9. The second-order valence-electron chi connectivity index (χ2n) is 8.32. The number of carbonyl (C=O) groups is 2. The van der Waals surface area contributed by atoms with Crippen molar-refractivity contribution in [3.63, 3.8) is 0 Å². The number of anilines is 1. The number of aromatic nitrogens is 2. The summed E-state index contributed by atoms with van der Waals surface area (Å²) in [6.45, 7) is 2.09. The Hall–Kier alpha value is -2.81. The zero-order valence-electron chi connectivity index (χ0n) is 18.3. The Labute approximate surface area is 202 Å². The van der Waals surface area contributed by atoms with Crippen molar-refractivity contribution in [1.29, 1.82) is 0 Å². The molecule has 0 aliphatic heterocycles. The van der Waals surface area contributed by atoms with Gasteiger partial charge in [-0.15, -0.1) is 5.10 Å². The molecule has 1 saturated carbocycles. The first-order chi connectivity index (χ1) is 15.9. The summed E-state index contributed by atoms with van der Waals surface area (Å²) in [6.07, 6.45) is 3.47. The van der Waals surface area contributed by atoms with Gasteiger partial charge in [0.2, 0.25) is 0 Å². The molecule has 0 spiro atoms. The van der Waals surface area contributed by atoms with Crippen LogP contribution in [0.2, 0.25) is 5.02 Å². The maximum absolute atomic E-state index is 13.5. The molecule has 1 heterocycles. The smallest absolute Gasteiger partial charge is 0.269 e. The number of hydrogen-bond donors (Lipinski definition) is 2.